The lowest BCUT2D eigenvalue weighted by atomic mass is 9.81. The van der Waals surface area contributed by atoms with Gasteiger partial charge < -0.3 is 16.0 Å². The third-order valence-corrected chi connectivity index (χ3v) is 4.99. The molecule has 3 N–H and O–H groups in total. The quantitative estimate of drug-likeness (QED) is 0.863. The number of nitrogens with two attached hydrogens (primary N) is 1. The smallest absolute Gasteiger partial charge is 0.229 e. The highest BCUT2D eigenvalue weighted by Gasteiger charge is 2.42. The fraction of sp³-hybridized carbons (Fsp3) is 0.588. The molecular weight excluding hydrogens is 262 g/mol. The summed E-state index contributed by atoms with van der Waals surface area (Å²) in [4.78, 5) is 14.9. The molecule has 0 bridgehead atoms. The summed E-state index contributed by atoms with van der Waals surface area (Å²) in [6, 6.07) is 10.4. The van der Waals surface area contributed by atoms with Crippen LogP contribution in [0.4, 0.5) is 0 Å². The molecule has 21 heavy (non-hydrogen) atoms. The van der Waals surface area contributed by atoms with Crippen LogP contribution in [0.25, 0.3) is 0 Å². The SMILES string of the molecule is CC1(C(=O)N2C[C@@H](N)[C@H](c3ccccc3)C2)CCCNC1. The van der Waals surface area contributed by atoms with Gasteiger partial charge in [-0.05, 0) is 31.9 Å². The van der Waals surface area contributed by atoms with E-state index in [4.69, 9.17) is 5.73 Å². The van der Waals surface area contributed by atoms with Gasteiger partial charge in [0.1, 0.15) is 0 Å². The largest absolute Gasteiger partial charge is 0.340 e. The first-order valence-corrected chi connectivity index (χ1v) is 7.91. The Morgan fingerprint density at radius 1 is 1.33 bits per heavy atom. The molecule has 2 aliphatic heterocycles. The fourth-order valence-electron chi connectivity index (χ4n) is 3.67. The van der Waals surface area contributed by atoms with Crippen LogP contribution < -0.4 is 11.1 Å². The molecule has 4 nitrogen and oxygen atoms in total. The van der Waals surface area contributed by atoms with Gasteiger partial charge in [0.25, 0.3) is 0 Å². The number of carbonyl (C=O) groups excluding carboxylic acids is 1. The zero-order chi connectivity index (χ0) is 14.9. The third-order valence-electron chi connectivity index (χ3n) is 4.99. The summed E-state index contributed by atoms with van der Waals surface area (Å²) in [6.45, 7) is 5.32. The zero-order valence-corrected chi connectivity index (χ0v) is 12.7. The van der Waals surface area contributed by atoms with Crippen LogP contribution >= 0.6 is 0 Å². The fourth-order valence-corrected chi connectivity index (χ4v) is 3.67. The van der Waals surface area contributed by atoms with Gasteiger partial charge in [-0.2, -0.15) is 0 Å². The number of piperidine rings is 1. The number of amides is 1. The molecule has 2 fully saturated rings. The van der Waals surface area contributed by atoms with Crippen molar-refractivity contribution in [2.75, 3.05) is 26.2 Å². The van der Waals surface area contributed by atoms with Gasteiger partial charge in [-0.15, -0.1) is 0 Å². The first kappa shape index (κ1) is 14.5. The average molecular weight is 287 g/mol. The van der Waals surface area contributed by atoms with E-state index in [1.807, 2.05) is 23.1 Å². The van der Waals surface area contributed by atoms with Gasteiger partial charge in [0.2, 0.25) is 5.91 Å². The summed E-state index contributed by atoms with van der Waals surface area (Å²) in [5, 5.41) is 3.36. The Labute approximate surface area is 126 Å². The van der Waals surface area contributed by atoms with E-state index in [1.165, 1.54) is 5.56 Å². The summed E-state index contributed by atoms with van der Waals surface area (Å²) in [5.41, 5.74) is 7.28. The van der Waals surface area contributed by atoms with E-state index in [2.05, 4.69) is 24.4 Å². The molecule has 0 radical (unpaired) electrons. The Hall–Kier alpha value is -1.39. The Morgan fingerprint density at radius 2 is 2.10 bits per heavy atom. The molecule has 0 aromatic heterocycles. The van der Waals surface area contributed by atoms with Crippen molar-refractivity contribution >= 4 is 5.91 Å². The number of nitrogens with zero attached hydrogens (tertiary/aromatic N) is 1. The monoisotopic (exact) mass is 287 g/mol. The van der Waals surface area contributed by atoms with Crippen LogP contribution in [0, 0.1) is 5.41 Å². The second-order valence-electron chi connectivity index (χ2n) is 6.73. The predicted octanol–water partition coefficient (Wildman–Crippen LogP) is 1.33. The van der Waals surface area contributed by atoms with Crippen LogP contribution in [-0.4, -0.2) is 43.0 Å². The highest BCUT2D eigenvalue weighted by atomic mass is 16.2. The van der Waals surface area contributed by atoms with Crippen molar-refractivity contribution in [2.45, 2.75) is 31.7 Å². The normalized spacial score (nSPS) is 33.1. The summed E-state index contributed by atoms with van der Waals surface area (Å²) in [7, 11) is 0. The molecule has 3 atom stereocenters. The van der Waals surface area contributed by atoms with Crippen molar-refractivity contribution in [1.29, 1.82) is 0 Å². The van der Waals surface area contributed by atoms with E-state index in [0.29, 0.717) is 6.54 Å². The predicted molar refractivity (Wildman–Crippen MR) is 83.9 cm³/mol. The number of nitrogens with one attached hydrogen (secondary N) is 1. The Balaban J connectivity index is 1.72. The van der Waals surface area contributed by atoms with Crippen LogP contribution in [-0.2, 0) is 4.79 Å². The number of likely N-dealkylation sites (tertiary alicyclic amines) is 1. The lowest BCUT2D eigenvalue weighted by Crippen LogP contribution is -2.50. The third kappa shape index (κ3) is 2.83. The van der Waals surface area contributed by atoms with Crippen molar-refractivity contribution < 1.29 is 4.79 Å². The summed E-state index contributed by atoms with van der Waals surface area (Å²) >= 11 is 0. The molecular formula is C17H25N3O. The molecule has 0 spiro atoms. The summed E-state index contributed by atoms with van der Waals surface area (Å²) in [5.74, 6) is 0.527. The number of hydrogen-bond donors (Lipinski definition) is 2. The standard InChI is InChI=1S/C17H25N3O/c1-17(8-5-9-19-12-17)16(21)20-10-14(15(18)11-20)13-6-3-2-4-7-13/h2-4,6-7,14-15,19H,5,8-12,18H2,1H3/t14-,15+,17?/m0/s1. The van der Waals surface area contributed by atoms with Crippen molar-refractivity contribution in [3.8, 4) is 0 Å². The van der Waals surface area contributed by atoms with Crippen LogP contribution in [0.15, 0.2) is 30.3 Å². The van der Waals surface area contributed by atoms with E-state index in [1.54, 1.807) is 0 Å². The van der Waals surface area contributed by atoms with Crippen molar-refractivity contribution in [3.63, 3.8) is 0 Å². The van der Waals surface area contributed by atoms with Crippen molar-refractivity contribution in [3.05, 3.63) is 35.9 Å². The van der Waals surface area contributed by atoms with Gasteiger partial charge in [0.05, 0.1) is 5.41 Å². The van der Waals surface area contributed by atoms with Gasteiger partial charge in [-0.1, -0.05) is 30.3 Å². The molecule has 114 valence electrons. The Kier molecular flexibility index (Phi) is 4.00. The van der Waals surface area contributed by atoms with E-state index < -0.39 is 0 Å². The van der Waals surface area contributed by atoms with E-state index >= 15 is 0 Å². The second kappa shape index (κ2) is 5.78. The number of hydrogen-bond acceptors (Lipinski definition) is 3. The minimum Gasteiger partial charge on any atom is -0.340 e. The first-order chi connectivity index (χ1) is 10.1. The van der Waals surface area contributed by atoms with E-state index in [9.17, 15) is 4.79 Å². The lowest BCUT2D eigenvalue weighted by Gasteiger charge is -2.36. The average Bonchev–Trinajstić information content (AvgIpc) is 2.90. The lowest BCUT2D eigenvalue weighted by molar-refractivity contribution is -0.141. The minimum absolute atomic E-state index is 0.0384. The molecule has 2 heterocycles. The molecule has 2 aliphatic rings. The minimum atomic E-state index is -0.260. The van der Waals surface area contributed by atoms with Gasteiger partial charge in [0, 0.05) is 31.6 Å². The van der Waals surface area contributed by atoms with Gasteiger partial charge >= 0.3 is 0 Å². The molecule has 3 rings (SSSR count). The van der Waals surface area contributed by atoms with Crippen LogP contribution in [0.3, 0.4) is 0 Å². The molecule has 1 unspecified atom stereocenters. The van der Waals surface area contributed by atoms with Crippen LogP contribution in [0.1, 0.15) is 31.2 Å². The maximum atomic E-state index is 12.9. The Bertz CT molecular complexity index is 496. The van der Waals surface area contributed by atoms with Crippen LogP contribution in [0.2, 0.25) is 0 Å². The van der Waals surface area contributed by atoms with Crippen molar-refractivity contribution in [2.24, 2.45) is 11.1 Å². The molecule has 2 saturated heterocycles. The maximum Gasteiger partial charge on any atom is 0.229 e. The summed E-state index contributed by atoms with van der Waals surface area (Å²) in [6.07, 6.45) is 2.05. The second-order valence-corrected chi connectivity index (χ2v) is 6.73. The highest BCUT2D eigenvalue weighted by molar-refractivity contribution is 5.83. The molecule has 0 aliphatic carbocycles. The molecule has 4 heteroatoms. The number of rotatable bonds is 2. The number of carbonyl (C=O) groups is 1. The van der Waals surface area contributed by atoms with Crippen LogP contribution in [0.5, 0.6) is 0 Å². The van der Waals surface area contributed by atoms with E-state index in [-0.39, 0.29) is 23.3 Å². The highest BCUT2D eigenvalue weighted by Crippen LogP contribution is 2.33. The van der Waals surface area contributed by atoms with Gasteiger partial charge in [-0.3, -0.25) is 4.79 Å². The molecule has 0 saturated carbocycles. The van der Waals surface area contributed by atoms with Gasteiger partial charge in [0.15, 0.2) is 0 Å². The van der Waals surface area contributed by atoms with E-state index in [0.717, 1.165) is 32.5 Å². The first-order valence-electron chi connectivity index (χ1n) is 7.91. The Morgan fingerprint density at radius 3 is 2.76 bits per heavy atom. The van der Waals surface area contributed by atoms with Gasteiger partial charge in [-0.25, -0.2) is 0 Å². The molecule has 1 aromatic carbocycles. The topological polar surface area (TPSA) is 58.4 Å². The molecule has 1 amide bonds. The zero-order valence-electron chi connectivity index (χ0n) is 12.7. The maximum absolute atomic E-state index is 12.9. The number of benzene rings is 1. The summed E-state index contributed by atoms with van der Waals surface area (Å²) < 4.78 is 0. The van der Waals surface area contributed by atoms with Crippen molar-refractivity contribution in [1.82, 2.24) is 10.2 Å². The molecule has 1 aromatic rings.